The maximum Gasteiger partial charge on any atom is 0.374 e. The molecule has 1 unspecified atom stereocenters. The third-order valence-corrected chi connectivity index (χ3v) is 4.47. The minimum absolute atomic E-state index is 0.00322. The molecule has 1 aliphatic rings. The summed E-state index contributed by atoms with van der Waals surface area (Å²) in [7, 11) is 0. The van der Waals surface area contributed by atoms with Gasteiger partial charge in [0.25, 0.3) is 0 Å². The van der Waals surface area contributed by atoms with Crippen LogP contribution in [0.5, 0.6) is 11.5 Å². The van der Waals surface area contributed by atoms with Gasteiger partial charge in [0, 0.05) is 18.5 Å². The summed E-state index contributed by atoms with van der Waals surface area (Å²) < 4.78 is 5.21. The number of nitrogens with zero attached hydrogens (tertiary/aromatic N) is 2. The summed E-state index contributed by atoms with van der Waals surface area (Å²) in [4.78, 5) is 29.8. The molecular weight excluding hydrogens is 364 g/mol. The van der Waals surface area contributed by atoms with Gasteiger partial charge in [0.2, 0.25) is 5.84 Å². The summed E-state index contributed by atoms with van der Waals surface area (Å²) in [6.45, 7) is 0.368. The quantitative estimate of drug-likeness (QED) is 0.620. The molecule has 0 aliphatic carbocycles. The molecule has 2 aromatic rings. The van der Waals surface area contributed by atoms with Crippen molar-refractivity contribution in [2.75, 3.05) is 13.1 Å². The van der Waals surface area contributed by atoms with Crippen LogP contribution in [0, 0.1) is 0 Å². The second-order valence-electron chi connectivity index (χ2n) is 6.29. The van der Waals surface area contributed by atoms with Crippen molar-refractivity contribution in [3.05, 3.63) is 59.7 Å². The number of phenols is 2. The molecule has 146 valence electrons. The summed E-state index contributed by atoms with van der Waals surface area (Å²) in [5.74, 6) is -1.97. The minimum Gasteiger partial charge on any atom is -0.508 e. The summed E-state index contributed by atoms with van der Waals surface area (Å²) in [6, 6.07) is 11.8. The second kappa shape index (κ2) is 8.43. The number of aliphatic carboxylic acids is 1. The second-order valence-corrected chi connectivity index (χ2v) is 6.29. The standard InChI is InChI=1S/C20H20N2O6/c23-16-7-3-1-5-13(16)11-15(19(25)26)22-10-9-21-18(22)20(27)28-12-14-6-2-4-8-17(14)24/h1-8,15,23-24H,9-12H2,(H,25,26). The monoisotopic (exact) mass is 384 g/mol. The molecule has 8 nitrogen and oxygen atoms in total. The van der Waals surface area contributed by atoms with Crippen LogP contribution in [0.15, 0.2) is 53.5 Å². The number of carboxylic acid groups (broad SMARTS) is 1. The molecule has 0 spiro atoms. The Morgan fingerprint density at radius 2 is 1.64 bits per heavy atom. The van der Waals surface area contributed by atoms with E-state index in [9.17, 15) is 24.9 Å². The van der Waals surface area contributed by atoms with Crippen LogP contribution in [0.25, 0.3) is 0 Å². The van der Waals surface area contributed by atoms with Crippen LogP contribution in [-0.4, -0.2) is 57.1 Å². The van der Waals surface area contributed by atoms with Crippen molar-refractivity contribution < 1.29 is 29.6 Å². The van der Waals surface area contributed by atoms with Crippen molar-refractivity contribution in [3.8, 4) is 11.5 Å². The lowest BCUT2D eigenvalue weighted by Gasteiger charge is -2.26. The Morgan fingerprint density at radius 1 is 1.04 bits per heavy atom. The molecule has 8 heteroatoms. The number of hydrogen-bond acceptors (Lipinski definition) is 7. The average Bonchev–Trinajstić information content (AvgIpc) is 3.15. The highest BCUT2D eigenvalue weighted by Crippen LogP contribution is 2.22. The molecule has 0 saturated carbocycles. The fourth-order valence-corrected chi connectivity index (χ4v) is 3.01. The van der Waals surface area contributed by atoms with Gasteiger partial charge in [-0.25, -0.2) is 9.59 Å². The first-order valence-corrected chi connectivity index (χ1v) is 8.72. The van der Waals surface area contributed by atoms with Crippen LogP contribution in [-0.2, 0) is 27.4 Å². The number of benzene rings is 2. The maximum atomic E-state index is 12.5. The van der Waals surface area contributed by atoms with E-state index in [-0.39, 0.29) is 43.5 Å². The topological polar surface area (TPSA) is 120 Å². The smallest absolute Gasteiger partial charge is 0.374 e. The van der Waals surface area contributed by atoms with Gasteiger partial charge >= 0.3 is 11.9 Å². The Kier molecular flexibility index (Phi) is 5.78. The summed E-state index contributed by atoms with van der Waals surface area (Å²) in [6.07, 6.45) is 0.00772. The SMILES string of the molecule is O=C(OCc1ccccc1O)C1=NCCN1C(Cc1ccccc1O)C(=O)O. The predicted octanol–water partition coefficient (Wildman–Crippen LogP) is 1.55. The molecule has 1 heterocycles. The van der Waals surface area contributed by atoms with Crippen molar-refractivity contribution in [2.45, 2.75) is 19.1 Å². The van der Waals surface area contributed by atoms with E-state index < -0.39 is 18.0 Å². The number of carboxylic acids is 1. The molecule has 3 rings (SSSR count). The lowest BCUT2D eigenvalue weighted by Crippen LogP contribution is -2.47. The maximum absolute atomic E-state index is 12.5. The number of amidine groups is 1. The number of esters is 1. The molecule has 0 bridgehead atoms. The van der Waals surface area contributed by atoms with Crippen molar-refractivity contribution in [3.63, 3.8) is 0 Å². The zero-order valence-corrected chi connectivity index (χ0v) is 15.0. The van der Waals surface area contributed by atoms with Gasteiger partial charge in [0.05, 0.1) is 6.54 Å². The first kappa shape index (κ1) is 19.2. The Balaban J connectivity index is 1.72. The van der Waals surface area contributed by atoms with Gasteiger partial charge in [-0.3, -0.25) is 4.99 Å². The number of aromatic hydroxyl groups is 2. The molecule has 2 aromatic carbocycles. The zero-order chi connectivity index (χ0) is 20.1. The Labute approximate surface area is 161 Å². The highest BCUT2D eigenvalue weighted by molar-refractivity contribution is 6.36. The molecule has 0 fully saturated rings. The van der Waals surface area contributed by atoms with Crippen molar-refractivity contribution in [1.82, 2.24) is 4.90 Å². The predicted molar refractivity (Wildman–Crippen MR) is 100 cm³/mol. The highest BCUT2D eigenvalue weighted by atomic mass is 16.5. The molecule has 0 aromatic heterocycles. The summed E-state index contributed by atoms with van der Waals surface area (Å²) >= 11 is 0. The number of hydrogen-bond donors (Lipinski definition) is 3. The minimum atomic E-state index is -1.13. The van der Waals surface area contributed by atoms with Crippen LogP contribution >= 0.6 is 0 Å². The van der Waals surface area contributed by atoms with E-state index in [1.807, 2.05) is 0 Å². The summed E-state index contributed by atoms with van der Waals surface area (Å²) in [5.41, 5.74) is 0.897. The van der Waals surface area contributed by atoms with Crippen LogP contribution in [0.3, 0.4) is 0 Å². The molecule has 0 amide bonds. The third-order valence-electron chi connectivity index (χ3n) is 4.47. The number of carbonyl (C=O) groups is 2. The van der Waals surface area contributed by atoms with Gasteiger partial charge in [0.1, 0.15) is 24.1 Å². The zero-order valence-electron chi connectivity index (χ0n) is 15.0. The van der Waals surface area contributed by atoms with Gasteiger partial charge in [-0.15, -0.1) is 0 Å². The van der Waals surface area contributed by atoms with E-state index in [0.29, 0.717) is 11.1 Å². The van der Waals surface area contributed by atoms with Gasteiger partial charge in [-0.05, 0) is 17.7 Å². The molecule has 3 N–H and O–H groups in total. The van der Waals surface area contributed by atoms with Crippen molar-refractivity contribution >= 4 is 17.8 Å². The number of ether oxygens (including phenoxy) is 1. The first-order chi connectivity index (χ1) is 13.5. The van der Waals surface area contributed by atoms with Crippen LogP contribution < -0.4 is 0 Å². The van der Waals surface area contributed by atoms with Crippen LogP contribution in [0.4, 0.5) is 0 Å². The Bertz CT molecular complexity index is 911. The molecule has 1 aliphatic heterocycles. The molecule has 0 radical (unpaired) electrons. The van der Waals surface area contributed by atoms with E-state index in [4.69, 9.17) is 4.74 Å². The number of carbonyl (C=O) groups excluding carboxylic acids is 1. The van der Waals surface area contributed by atoms with E-state index in [1.54, 1.807) is 36.4 Å². The number of phenolic OH excluding ortho intramolecular Hbond substituents is 2. The lowest BCUT2D eigenvalue weighted by atomic mass is 10.0. The normalized spacial score (nSPS) is 14.4. The Morgan fingerprint density at radius 3 is 2.25 bits per heavy atom. The van der Waals surface area contributed by atoms with Gasteiger partial charge < -0.3 is 25.0 Å². The first-order valence-electron chi connectivity index (χ1n) is 8.72. The van der Waals surface area contributed by atoms with E-state index >= 15 is 0 Å². The van der Waals surface area contributed by atoms with Gasteiger partial charge in [-0.1, -0.05) is 36.4 Å². The number of para-hydroxylation sites is 2. The highest BCUT2D eigenvalue weighted by Gasteiger charge is 2.35. The van der Waals surface area contributed by atoms with Gasteiger partial charge in [0.15, 0.2) is 0 Å². The fraction of sp³-hybridized carbons (Fsp3) is 0.250. The number of aliphatic imine (C=N–C) groups is 1. The van der Waals surface area contributed by atoms with Gasteiger partial charge in [-0.2, -0.15) is 0 Å². The molecule has 28 heavy (non-hydrogen) atoms. The third kappa shape index (κ3) is 4.22. The molecule has 1 atom stereocenters. The fourth-order valence-electron chi connectivity index (χ4n) is 3.01. The van der Waals surface area contributed by atoms with E-state index in [1.165, 1.54) is 17.0 Å². The van der Waals surface area contributed by atoms with Crippen LogP contribution in [0.1, 0.15) is 11.1 Å². The molecule has 0 saturated heterocycles. The van der Waals surface area contributed by atoms with E-state index in [2.05, 4.69) is 4.99 Å². The van der Waals surface area contributed by atoms with E-state index in [0.717, 1.165) is 0 Å². The molecular formula is C20H20N2O6. The van der Waals surface area contributed by atoms with Crippen molar-refractivity contribution in [1.29, 1.82) is 0 Å². The lowest BCUT2D eigenvalue weighted by molar-refractivity contribution is -0.142. The summed E-state index contributed by atoms with van der Waals surface area (Å²) in [5, 5.41) is 29.4. The average molecular weight is 384 g/mol. The Hall–Kier alpha value is -3.55. The largest absolute Gasteiger partial charge is 0.508 e. The van der Waals surface area contributed by atoms with Crippen molar-refractivity contribution in [2.24, 2.45) is 4.99 Å². The number of rotatable bonds is 7. The van der Waals surface area contributed by atoms with Crippen LogP contribution in [0.2, 0.25) is 0 Å².